The van der Waals surface area contributed by atoms with Crippen molar-refractivity contribution in [3.63, 3.8) is 0 Å². The molecule has 0 heterocycles. The number of nitrogens with one attached hydrogen (secondary N) is 1. The van der Waals surface area contributed by atoms with Gasteiger partial charge in [0.15, 0.2) is 0 Å². The number of methoxy groups -OCH3 is 2. The summed E-state index contributed by atoms with van der Waals surface area (Å²) in [4.78, 5) is 11.6. The Morgan fingerprint density at radius 2 is 1.84 bits per heavy atom. The summed E-state index contributed by atoms with van der Waals surface area (Å²) < 4.78 is 32.9. The molecular weight excluding hydrogens is 294 g/mol. The maximum atomic E-state index is 11.8. The monoisotopic (exact) mass is 307 g/mol. The molecule has 19 heavy (non-hydrogen) atoms. The molecule has 1 N–H and O–H groups in total. The van der Waals surface area contributed by atoms with Crippen LogP contribution in [0.5, 0.6) is 11.5 Å². The summed E-state index contributed by atoms with van der Waals surface area (Å²) in [6, 6.07) is 2.44. The molecule has 106 valence electrons. The summed E-state index contributed by atoms with van der Waals surface area (Å²) in [6.45, 7) is 2.14. The fourth-order valence-corrected chi connectivity index (χ4v) is 2.50. The van der Waals surface area contributed by atoms with Crippen LogP contribution in [0.2, 0.25) is 0 Å². The van der Waals surface area contributed by atoms with Crippen molar-refractivity contribution in [2.45, 2.75) is 11.8 Å². The zero-order valence-electron chi connectivity index (χ0n) is 10.7. The van der Waals surface area contributed by atoms with Crippen LogP contribution in [-0.4, -0.2) is 35.1 Å². The van der Waals surface area contributed by atoms with Crippen molar-refractivity contribution in [1.82, 2.24) is 5.32 Å². The number of ether oxygens (including phenoxy) is 2. The largest absolute Gasteiger partial charge is 0.496 e. The zero-order valence-corrected chi connectivity index (χ0v) is 12.3. The quantitative estimate of drug-likeness (QED) is 0.831. The molecule has 0 fully saturated rings. The number of benzene rings is 1. The van der Waals surface area contributed by atoms with E-state index in [0.29, 0.717) is 6.54 Å². The van der Waals surface area contributed by atoms with Gasteiger partial charge in [-0.1, -0.05) is 0 Å². The van der Waals surface area contributed by atoms with Crippen molar-refractivity contribution < 1.29 is 22.7 Å². The SMILES string of the molecule is CCNC(=O)c1cc(S(=O)(=O)Cl)c(OC)cc1OC. The van der Waals surface area contributed by atoms with E-state index in [1.807, 2.05) is 0 Å². The number of halogens is 1. The average molecular weight is 308 g/mol. The van der Waals surface area contributed by atoms with Crippen LogP contribution in [0.3, 0.4) is 0 Å². The molecule has 0 unspecified atom stereocenters. The predicted octanol–water partition coefficient (Wildman–Crippen LogP) is 1.38. The number of carbonyl (C=O) groups excluding carboxylic acids is 1. The standard InChI is InChI=1S/C11H14ClNO5S/c1-4-13-11(14)7-5-10(19(12,15)16)9(18-3)6-8(7)17-2/h5-6H,4H2,1-3H3,(H,13,14). The average Bonchev–Trinajstić information content (AvgIpc) is 2.36. The highest BCUT2D eigenvalue weighted by atomic mass is 35.7. The number of rotatable bonds is 5. The second kappa shape index (κ2) is 6.12. The molecule has 0 spiro atoms. The van der Waals surface area contributed by atoms with E-state index < -0.39 is 15.0 Å². The van der Waals surface area contributed by atoms with E-state index in [1.165, 1.54) is 20.3 Å². The van der Waals surface area contributed by atoms with E-state index in [-0.39, 0.29) is 22.0 Å². The maximum Gasteiger partial charge on any atom is 0.265 e. The Balaban J connectivity index is 3.51. The van der Waals surface area contributed by atoms with Crippen LogP contribution in [0.15, 0.2) is 17.0 Å². The second-order valence-electron chi connectivity index (χ2n) is 3.50. The van der Waals surface area contributed by atoms with Crippen LogP contribution in [0, 0.1) is 0 Å². The fourth-order valence-electron chi connectivity index (χ4n) is 1.49. The minimum Gasteiger partial charge on any atom is -0.496 e. The Kier molecular flexibility index (Phi) is 5.02. The van der Waals surface area contributed by atoms with Gasteiger partial charge in [-0.2, -0.15) is 0 Å². The minimum atomic E-state index is -4.03. The number of hydrogen-bond donors (Lipinski definition) is 1. The van der Waals surface area contributed by atoms with E-state index in [9.17, 15) is 13.2 Å². The van der Waals surface area contributed by atoms with E-state index in [0.717, 1.165) is 6.07 Å². The summed E-state index contributed by atoms with van der Waals surface area (Å²) in [5, 5.41) is 2.56. The van der Waals surface area contributed by atoms with Crippen LogP contribution in [0.1, 0.15) is 17.3 Å². The lowest BCUT2D eigenvalue weighted by atomic mass is 10.1. The molecule has 1 aromatic rings. The highest BCUT2D eigenvalue weighted by molar-refractivity contribution is 8.13. The molecule has 0 aliphatic rings. The lowest BCUT2D eigenvalue weighted by Crippen LogP contribution is -2.23. The summed E-state index contributed by atoms with van der Waals surface area (Å²) in [7, 11) is 3.95. The Morgan fingerprint density at radius 1 is 1.26 bits per heavy atom. The topological polar surface area (TPSA) is 81.7 Å². The van der Waals surface area contributed by atoms with Crippen LogP contribution >= 0.6 is 10.7 Å². The Labute approximate surface area is 116 Å². The predicted molar refractivity (Wildman–Crippen MR) is 70.6 cm³/mol. The lowest BCUT2D eigenvalue weighted by Gasteiger charge is -2.12. The van der Waals surface area contributed by atoms with E-state index in [2.05, 4.69) is 5.32 Å². The van der Waals surface area contributed by atoms with E-state index in [4.69, 9.17) is 20.2 Å². The highest BCUT2D eigenvalue weighted by Crippen LogP contribution is 2.33. The molecule has 0 saturated heterocycles. The molecule has 0 aliphatic heterocycles. The molecular formula is C11H14ClNO5S. The molecule has 0 atom stereocenters. The van der Waals surface area contributed by atoms with Gasteiger partial charge in [0, 0.05) is 23.3 Å². The van der Waals surface area contributed by atoms with Gasteiger partial charge in [0.25, 0.3) is 15.0 Å². The van der Waals surface area contributed by atoms with Gasteiger partial charge in [0.2, 0.25) is 0 Å². The third-order valence-electron chi connectivity index (χ3n) is 2.33. The summed E-state index contributed by atoms with van der Waals surface area (Å²) in [5.74, 6) is -0.240. The number of carbonyl (C=O) groups is 1. The van der Waals surface area contributed by atoms with Crippen molar-refractivity contribution in [3.8, 4) is 11.5 Å². The Hall–Kier alpha value is -1.47. The van der Waals surface area contributed by atoms with Crippen molar-refractivity contribution in [1.29, 1.82) is 0 Å². The Morgan fingerprint density at radius 3 is 2.26 bits per heavy atom. The summed E-state index contributed by atoms with van der Waals surface area (Å²) in [5.41, 5.74) is 0.0735. The first kappa shape index (κ1) is 15.6. The van der Waals surface area contributed by atoms with E-state index >= 15 is 0 Å². The van der Waals surface area contributed by atoms with Gasteiger partial charge in [-0.3, -0.25) is 4.79 Å². The molecule has 0 bridgehead atoms. The molecule has 0 aromatic heterocycles. The molecule has 8 heteroatoms. The minimum absolute atomic E-state index is 0.0138. The van der Waals surface area contributed by atoms with Gasteiger partial charge < -0.3 is 14.8 Å². The molecule has 1 rings (SSSR count). The Bertz CT molecular complexity index is 585. The van der Waals surface area contributed by atoms with Crippen LogP contribution < -0.4 is 14.8 Å². The molecule has 1 aromatic carbocycles. The fraction of sp³-hybridized carbons (Fsp3) is 0.364. The van der Waals surface area contributed by atoms with Crippen molar-refractivity contribution in [2.75, 3.05) is 20.8 Å². The first-order valence-electron chi connectivity index (χ1n) is 5.34. The van der Waals surface area contributed by atoms with Gasteiger partial charge >= 0.3 is 0 Å². The maximum absolute atomic E-state index is 11.8. The third-order valence-corrected chi connectivity index (χ3v) is 3.67. The van der Waals surface area contributed by atoms with Crippen LogP contribution in [0.25, 0.3) is 0 Å². The van der Waals surface area contributed by atoms with Gasteiger partial charge in [-0.25, -0.2) is 8.42 Å². The first-order chi connectivity index (χ1) is 8.85. The number of amides is 1. The second-order valence-corrected chi connectivity index (χ2v) is 6.04. The lowest BCUT2D eigenvalue weighted by molar-refractivity contribution is 0.0952. The van der Waals surface area contributed by atoms with Crippen LogP contribution in [-0.2, 0) is 9.05 Å². The molecule has 0 saturated carbocycles. The molecule has 1 amide bonds. The summed E-state index contributed by atoms with van der Waals surface area (Å²) >= 11 is 0. The molecule has 6 nitrogen and oxygen atoms in total. The van der Waals surface area contributed by atoms with Gasteiger partial charge in [0.1, 0.15) is 16.4 Å². The smallest absolute Gasteiger partial charge is 0.265 e. The normalized spacial score (nSPS) is 10.9. The first-order valence-corrected chi connectivity index (χ1v) is 7.65. The zero-order chi connectivity index (χ0) is 14.6. The third kappa shape index (κ3) is 3.51. The van der Waals surface area contributed by atoms with Gasteiger partial charge in [-0.15, -0.1) is 0 Å². The molecule has 0 aliphatic carbocycles. The van der Waals surface area contributed by atoms with Crippen molar-refractivity contribution in [2.24, 2.45) is 0 Å². The van der Waals surface area contributed by atoms with Gasteiger partial charge in [0.05, 0.1) is 19.8 Å². The molecule has 0 radical (unpaired) electrons. The summed E-state index contributed by atoms with van der Waals surface area (Å²) in [6.07, 6.45) is 0. The van der Waals surface area contributed by atoms with Crippen molar-refractivity contribution >= 4 is 25.6 Å². The van der Waals surface area contributed by atoms with E-state index in [1.54, 1.807) is 6.92 Å². The highest BCUT2D eigenvalue weighted by Gasteiger charge is 2.23. The van der Waals surface area contributed by atoms with Crippen molar-refractivity contribution in [3.05, 3.63) is 17.7 Å². The number of hydrogen-bond acceptors (Lipinski definition) is 5. The van der Waals surface area contributed by atoms with Crippen LogP contribution in [0.4, 0.5) is 0 Å². The van der Waals surface area contributed by atoms with Gasteiger partial charge in [-0.05, 0) is 13.0 Å².